The third-order valence-corrected chi connectivity index (χ3v) is 11.6. The maximum atomic E-state index is 15.2. The van der Waals surface area contributed by atoms with Crippen molar-refractivity contribution in [3.63, 3.8) is 0 Å². The van der Waals surface area contributed by atoms with Gasteiger partial charge in [-0.1, -0.05) is 110 Å². The molecule has 7 amide bonds. The number of amides is 7. The van der Waals surface area contributed by atoms with E-state index in [1.807, 2.05) is 12.2 Å². The number of carboxylic acids is 2. The van der Waals surface area contributed by atoms with Gasteiger partial charge in [-0.05, 0) is 45.4 Å². The van der Waals surface area contributed by atoms with Gasteiger partial charge in [-0.2, -0.15) is 0 Å². The van der Waals surface area contributed by atoms with Crippen molar-refractivity contribution in [1.29, 1.82) is 0 Å². The van der Waals surface area contributed by atoms with Gasteiger partial charge in [0.2, 0.25) is 41.4 Å². The summed E-state index contributed by atoms with van der Waals surface area (Å²) in [6.45, 7) is 3.68. The first-order chi connectivity index (χ1) is 33.5. The van der Waals surface area contributed by atoms with E-state index in [4.69, 9.17) is 0 Å². The normalized spacial score (nSPS) is 13.2. The van der Waals surface area contributed by atoms with Crippen molar-refractivity contribution < 1.29 is 68.1 Å². The average molecular weight is 1000 g/mol. The second-order valence-electron chi connectivity index (χ2n) is 17.9. The molecule has 22 heteroatoms. The number of aliphatic hydroxyl groups excluding tert-OH is 2. The topological polar surface area (TPSA) is 322 Å². The van der Waals surface area contributed by atoms with Crippen LogP contribution in [0.2, 0.25) is 0 Å². The molecule has 0 saturated carbocycles. The molecule has 11 N–H and O–H groups in total. The Hall–Kier alpha value is -4.96. The van der Waals surface area contributed by atoms with Gasteiger partial charge in [0.15, 0.2) is 0 Å². The summed E-state index contributed by atoms with van der Waals surface area (Å²) in [5, 5.41) is 55.2. The lowest BCUT2D eigenvalue weighted by Gasteiger charge is -2.27. The van der Waals surface area contributed by atoms with Crippen molar-refractivity contribution >= 4 is 53.3 Å². The Balaban J connectivity index is 4.55. The Morgan fingerprint density at radius 1 is 0.457 bits per heavy atom. The maximum absolute atomic E-state index is 15.2. The number of nitrogens with zero attached hydrogens (tertiary/aromatic N) is 1. The third-order valence-electron chi connectivity index (χ3n) is 11.6. The molecule has 0 aliphatic carbocycles. The molecular formula is C48H87FN8O13. The molecule has 0 spiro atoms. The zero-order valence-corrected chi connectivity index (χ0v) is 42.1. The van der Waals surface area contributed by atoms with Gasteiger partial charge in [0.1, 0.15) is 24.3 Å². The highest BCUT2D eigenvalue weighted by Gasteiger charge is 2.33. The number of carbonyl (C=O) groups excluding carboxylic acids is 7. The summed E-state index contributed by atoms with van der Waals surface area (Å²) in [7, 11) is 0. The molecule has 0 heterocycles. The maximum Gasteiger partial charge on any atom is 0.326 e. The van der Waals surface area contributed by atoms with E-state index in [0.717, 1.165) is 32.1 Å². The lowest BCUT2D eigenvalue weighted by atomic mass is 10.0. The van der Waals surface area contributed by atoms with Crippen molar-refractivity contribution in [2.24, 2.45) is 0 Å². The molecule has 5 atom stereocenters. The smallest absolute Gasteiger partial charge is 0.326 e. The molecule has 0 rings (SSSR count). The molecule has 0 aromatic heterocycles. The van der Waals surface area contributed by atoms with Gasteiger partial charge in [0.25, 0.3) is 0 Å². The van der Waals surface area contributed by atoms with Crippen LogP contribution in [0, 0.1) is 0 Å². The Morgan fingerprint density at radius 3 is 1.44 bits per heavy atom. The van der Waals surface area contributed by atoms with Crippen LogP contribution in [-0.2, 0) is 43.2 Å². The number of carbonyl (C=O) groups is 9. The fourth-order valence-electron chi connectivity index (χ4n) is 7.29. The molecule has 0 radical (unpaired) electrons. The van der Waals surface area contributed by atoms with Gasteiger partial charge in [-0.3, -0.25) is 38.4 Å². The molecule has 0 saturated heterocycles. The van der Waals surface area contributed by atoms with E-state index in [2.05, 4.69) is 38.8 Å². The minimum Gasteiger partial charge on any atom is -0.480 e. The van der Waals surface area contributed by atoms with Crippen LogP contribution >= 0.6 is 0 Å². The van der Waals surface area contributed by atoms with Crippen LogP contribution in [-0.4, -0.2) is 142 Å². The van der Waals surface area contributed by atoms with Gasteiger partial charge < -0.3 is 57.6 Å². The van der Waals surface area contributed by atoms with E-state index in [9.17, 15) is 63.6 Å². The third kappa shape index (κ3) is 34.4. The Labute approximate surface area is 413 Å². The second kappa shape index (κ2) is 41.8. The molecule has 0 aromatic carbocycles. The van der Waals surface area contributed by atoms with E-state index < -0.39 is 110 Å². The van der Waals surface area contributed by atoms with Crippen LogP contribution in [0.4, 0.5) is 4.48 Å². The van der Waals surface area contributed by atoms with Crippen molar-refractivity contribution in [3.05, 3.63) is 0 Å². The van der Waals surface area contributed by atoms with Crippen molar-refractivity contribution in [3.8, 4) is 0 Å². The monoisotopic (exact) mass is 1000 g/mol. The van der Waals surface area contributed by atoms with Crippen LogP contribution in [0.15, 0.2) is 0 Å². The predicted octanol–water partition coefficient (Wildman–Crippen LogP) is 3.14. The first-order valence-electron chi connectivity index (χ1n) is 25.6. The van der Waals surface area contributed by atoms with Crippen LogP contribution in [0.3, 0.4) is 0 Å². The van der Waals surface area contributed by atoms with Gasteiger partial charge in [0.05, 0.1) is 19.8 Å². The van der Waals surface area contributed by atoms with E-state index in [1.54, 1.807) is 6.92 Å². The van der Waals surface area contributed by atoms with Crippen LogP contribution in [0.5, 0.6) is 0 Å². The van der Waals surface area contributed by atoms with E-state index in [0.29, 0.717) is 19.4 Å². The lowest BCUT2D eigenvalue weighted by molar-refractivity contribution is -0.163. The fourth-order valence-corrected chi connectivity index (χ4v) is 7.29. The summed E-state index contributed by atoms with van der Waals surface area (Å²) in [4.78, 5) is 110. The molecule has 21 nitrogen and oxygen atoms in total. The van der Waals surface area contributed by atoms with Crippen molar-refractivity contribution in [2.45, 2.75) is 218 Å². The molecule has 0 aliphatic heterocycles. The van der Waals surface area contributed by atoms with Gasteiger partial charge in [0, 0.05) is 51.2 Å². The Kier molecular flexibility index (Phi) is 38.8. The van der Waals surface area contributed by atoms with Crippen LogP contribution < -0.4 is 37.2 Å². The summed E-state index contributed by atoms with van der Waals surface area (Å²) in [6, 6.07) is -5.31. The highest BCUT2D eigenvalue weighted by Crippen LogP contribution is 2.15. The van der Waals surface area contributed by atoms with E-state index in [1.165, 1.54) is 70.6 Å². The molecule has 70 heavy (non-hydrogen) atoms. The standard InChI is InChI=1S/C48H87FN8O13/c1-4-6-8-9-10-11-12-13-14-15-16-17-18-19-20-22-42(62)54-36(47(67)68)25-28-43(63)53-35(3)24-27-44(64)55-37(33-58)46(66)52-32-45(65)56-39(34-59)57(49)38(48(69)70)26-29-41(61)51-31-21-23-40(60)50-30-7-5-2/h35-39,58-59H,4-34H2,1-3H3,(H,50,60)(H,51,61)(H,52,66)(H,53,63)(H,54,62)(H,55,64)(H,56,65)(H,67,68)(H,69,70)/t35-,36+,37+,38+,39-/m1/s1. The Bertz CT molecular complexity index is 1540. The average Bonchev–Trinajstić information content (AvgIpc) is 3.32. The predicted molar refractivity (Wildman–Crippen MR) is 260 cm³/mol. The summed E-state index contributed by atoms with van der Waals surface area (Å²) >= 11 is 0. The molecule has 0 unspecified atom stereocenters. The number of rotatable bonds is 45. The Morgan fingerprint density at radius 2 is 0.914 bits per heavy atom. The SMILES string of the molecule is CCCCCCCCCCCCCCCCCC(=O)N[C@@H](CCC(=O)N[C@H](C)CCC(=O)N[C@@H](CO)C(=O)NCC(=O)N[C@@H](CO)N(F)[C@@H](CCC(=O)NCCCC(=O)NCCCC)C(=O)O)C(=O)O. The molecule has 0 bridgehead atoms. The molecule has 404 valence electrons. The summed E-state index contributed by atoms with van der Waals surface area (Å²) < 4.78 is 15.2. The number of carboxylic acid groups (broad SMARTS) is 2. The largest absolute Gasteiger partial charge is 0.480 e. The van der Waals surface area contributed by atoms with Crippen LogP contribution in [0.1, 0.15) is 188 Å². The number of nitrogens with one attached hydrogen (secondary N) is 7. The number of aliphatic hydroxyl groups is 2. The summed E-state index contributed by atoms with van der Waals surface area (Å²) in [5.41, 5.74) is 0. The zero-order valence-electron chi connectivity index (χ0n) is 42.1. The molecular weight excluding hydrogens is 916 g/mol. The van der Waals surface area contributed by atoms with Crippen molar-refractivity contribution in [2.75, 3.05) is 32.8 Å². The lowest BCUT2D eigenvalue weighted by Crippen LogP contribution is -2.56. The second-order valence-corrected chi connectivity index (χ2v) is 17.9. The minimum absolute atomic E-state index is 0.0850. The number of aliphatic carboxylic acids is 2. The van der Waals surface area contributed by atoms with Gasteiger partial charge >= 0.3 is 11.9 Å². The summed E-state index contributed by atoms with van der Waals surface area (Å²) in [6.07, 6.45) is 16.9. The minimum atomic E-state index is -1.96. The highest BCUT2D eigenvalue weighted by molar-refractivity contribution is 5.91. The summed E-state index contributed by atoms with van der Waals surface area (Å²) in [5.74, 6) is -7.41. The number of halogens is 1. The number of hydrogen-bond acceptors (Lipinski definition) is 12. The highest BCUT2D eigenvalue weighted by atomic mass is 19.2. The van der Waals surface area contributed by atoms with E-state index >= 15 is 4.48 Å². The molecule has 0 fully saturated rings. The van der Waals surface area contributed by atoms with Crippen molar-refractivity contribution in [1.82, 2.24) is 42.3 Å². The first-order valence-corrected chi connectivity index (χ1v) is 25.6. The fraction of sp³-hybridized carbons (Fsp3) is 0.812. The molecule has 0 aromatic rings. The van der Waals surface area contributed by atoms with Gasteiger partial charge in [-0.15, -0.1) is 9.60 Å². The van der Waals surface area contributed by atoms with Crippen LogP contribution in [0.25, 0.3) is 0 Å². The first kappa shape index (κ1) is 65.0. The molecule has 0 aliphatic rings. The van der Waals surface area contributed by atoms with E-state index in [-0.39, 0.29) is 56.1 Å². The number of unbranched alkanes of at least 4 members (excludes halogenated alkanes) is 15. The number of hydrogen-bond donors (Lipinski definition) is 11. The quantitative estimate of drug-likeness (QED) is 0.0237. The van der Waals surface area contributed by atoms with Gasteiger partial charge in [-0.25, -0.2) is 4.79 Å². The zero-order chi connectivity index (χ0) is 52.5.